The van der Waals surface area contributed by atoms with Crippen molar-refractivity contribution in [3.8, 4) is 0 Å². The Morgan fingerprint density at radius 1 is 1.50 bits per heavy atom. The SMILES string of the molecule is CCOC(=O)c1oc(C(C)(C)OC)nc1C1CC1. The molecule has 0 saturated heterocycles. The van der Waals surface area contributed by atoms with Gasteiger partial charge in [0.25, 0.3) is 0 Å². The summed E-state index contributed by atoms with van der Waals surface area (Å²) in [6, 6.07) is 0. The number of aromatic nitrogens is 1. The lowest BCUT2D eigenvalue weighted by Crippen LogP contribution is -2.19. The van der Waals surface area contributed by atoms with Gasteiger partial charge in [0.2, 0.25) is 11.7 Å². The number of esters is 1. The number of nitrogens with zero attached hydrogens (tertiary/aromatic N) is 1. The summed E-state index contributed by atoms with van der Waals surface area (Å²) < 4.78 is 15.9. The van der Waals surface area contributed by atoms with Crippen molar-refractivity contribution < 1.29 is 18.7 Å². The summed E-state index contributed by atoms with van der Waals surface area (Å²) in [5.41, 5.74) is 0.0718. The van der Waals surface area contributed by atoms with Crippen LogP contribution in [0.2, 0.25) is 0 Å². The highest BCUT2D eigenvalue weighted by Gasteiger charge is 2.37. The van der Waals surface area contributed by atoms with Gasteiger partial charge < -0.3 is 13.9 Å². The molecule has 1 aliphatic carbocycles. The molecule has 5 nitrogen and oxygen atoms in total. The number of ether oxygens (including phenoxy) is 2. The minimum atomic E-state index is -0.644. The van der Waals surface area contributed by atoms with E-state index in [2.05, 4.69) is 4.98 Å². The zero-order valence-electron chi connectivity index (χ0n) is 11.3. The molecule has 5 heteroatoms. The molecule has 1 fully saturated rings. The van der Waals surface area contributed by atoms with Crippen LogP contribution in [0.25, 0.3) is 0 Å². The molecule has 0 N–H and O–H groups in total. The summed E-state index contributed by atoms with van der Waals surface area (Å²) in [6.45, 7) is 5.80. The van der Waals surface area contributed by atoms with Gasteiger partial charge in [-0.15, -0.1) is 0 Å². The molecule has 0 aliphatic heterocycles. The molecule has 1 saturated carbocycles. The van der Waals surface area contributed by atoms with E-state index in [-0.39, 0.29) is 5.76 Å². The molecule has 100 valence electrons. The van der Waals surface area contributed by atoms with Gasteiger partial charge in [-0.1, -0.05) is 0 Å². The molecule has 0 unspecified atom stereocenters. The van der Waals surface area contributed by atoms with Crippen molar-refractivity contribution in [2.45, 2.75) is 45.1 Å². The van der Waals surface area contributed by atoms with Crippen LogP contribution in [-0.4, -0.2) is 24.7 Å². The van der Waals surface area contributed by atoms with E-state index in [9.17, 15) is 4.79 Å². The summed E-state index contributed by atoms with van der Waals surface area (Å²) in [7, 11) is 1.59. The van der Waals surface area contributed by atoms with Gasteiger partial charge in [-0.05, 0) is 33.6 Å². The lowest BCUT2D eigenvalue weighted by atomic mass is 10.1. The van der Waals surface area contributed by atoms with Crippen LogP contribution in [0.4, 0.5) is 0 Å². The normalized spacial score (nSPS) is 15.8. The fourth-order valence-electron chi connectivity index (χ4n) is 1.65. The van der Waals surface area contributed by atoms with E-state index in [0.717, 1.165) is 12.8 Å². The van der Waals surface area contributed by atoms with Crippen molar-refractivity contribution in [2.75, 3.05) is 13.7 Å². The number of oxazole rings is 1. The maximum absolute atomic E-state index is 11.8. The highest BCUT2D eigenvalue weighted by molar-refractivity contribution is 5.87. The Morgan fingerprint density at radius 2 is 2.17 bits per heavy atom. The van der Waals surface area contributed by atoms with E-state index in [0.29, 0.717) is 24.1 Å². The topological polar surface area (TPSA) is 61.6 Å². The van der Waals surface area contributed by atoms with Gasteiger partial charge >= 0.3 is 5.97 Å². The average molecular weight is 253 g/mol. The smallest absolute Gasteiger partial charge is 0.376 e. The van der Waals surface area contributed by atoms with E-state index in [1.54, 1.807) is 14.0 Å². The minimum Gasteiger partial charge on any atom is -0.460 e. The van der Waals surface area contributed by atoms with Crippen LogP contribution >= 0.6 is 0 Å². The van der Waals surface area contributed by atoms with Gasteiger partial charge in [0.1, 0.15) is 5.60 Å². The molecule has 0 aromatic carbocycles. The predicted molar refractivity (Wildman–Crippen MR) is 64.5 cm³/mol. The van der Waals surface area contributed by atoms with E-state index in [1.165, 1.54) is 0 Å². The largest absolute Gasteiger partial charge is 0.460 e. The van der Waals surface area contributed by atoms with Gasteiger partial charge in [0.05, 0.1) is 12.3 Å². The van der Waals surface area contributed by atoms with Gasteiger partial charge in [-0.2, -0.15) is 0 Å². The molecule has 0 atom stereocenters. The van der Waals surface area contributed by atoms with Crippen molar-refractivity contribution in [2.24, 2.45) is 0 Å². The molecule has 1 aromatic heterocycles. The van der Waals surface area contributed by atoms with Crippen molar-refractivity contribution in [1.29, 1.82) is 0 Å². The minimum absolute atomic E-state index is 0.236. The molecule has 1 heterocycles. The molecular weight excluding hydrogens is 234 g/mol. The summed E-state index contributed by atoms with van der Waals surface area (Å²) in [6.07, 6.45) is 2.09. The predicted octanol–water partition coefficient (Wildman–Crippen LogP) is 2.61. The second kappa shape index (κ2) is 4.72. The molecule has 1 aromatic rings. The zero-order valence-corrected chi connectivity index (χ0v) is 11.3. The maximum Gasteiger partial charge on any atom is 0.376 e. The quantitative estimate of drug-likeness (QED) is 0.755. The van der Waals surface area contributed by atoms with Gasteiger partial charge in [0.15, 0.2) is 0 Å². The number of carbonyl (C=O) groups is 1. The molecule has 1 aliphatic rings. The highest BCUT2D eigenvalue weighted by Crippen LogP contribution is 2.42. The first-order valence-corrected chi connectivity index (χ1v) is 6.23. The Morgan fingerprint density at radius 3 is 2.67 bits per heavy atom. The molecule has 18 heavy (non-hydrogen) atoms. The van der Waals surface area contributed by atoms with Gasteiger partial charge in [0, 0.05) is 13.0 Å². The number of methoxy groups -OCH3 is 1. The Kier molecular flexibility index (Phi) is 3.43. The summed E-state index contributed by atoms with van der Waals surface area (Å²) in [5, 5.41) is 0. The average Bonchev–Trinajstić information content (AvgIpc) is 3.07. The van der Waals surface area contributed by atoms with Crippen molar-refractivity contribution in [3.05, 3.63) is 17.3 Å². The van der Waals surface area contributed by atoms with Gasteiger partial charge in [-0.25, -0.2) is 9.78 Å². The molecule has 0 radical (unpaired) electrons. The fourth-order valence-corrected chi connectivity index (χ4v) is 1.65. The summed E-state index contributed by atoms with van der Waals surface area (Å²) >= 11 is 0. The van der Waals surface area contributed by atoms with Gasteiger partial charge in [-0.3, -0.25) is 0 Å². The summed E-state index contributed by atoms with van der Waals surface area (Å²) in [5.74, 6) is 0.550. The van der Waals surface area contributed by atoms with Crippen LogP contribution in [-0.2, 0) is 15.1 Å². The lowest BCUT2D eigenvalue weighted by molar-refractivity contribution is -0.00513. The number of rotatable bonds is 5. The second-order valence-electron chi connectivity index (χ2n) is 4.94. The first kappa shape index (κ1) is 13.1. The van der Waals surface area contributed by atoms with Crippen LogP contribution in [0.1, 0.15) is 61.7 Å². The first-order chi connectivity index (χ1) is 8.49. The molecule has 2 rings (SSSR count). The lowest BCUT2D eigenvalue weighted by Gasteiger charge is -2.17. The molecular formula is C13H19NO4. The van der Waals surface area contributed by atoms with Crippen LogP contribution in [0.15, 0.2) is 4.42 Å². The van der Waals surface area contributed by atoms with Crippen molar-refractivity contribution in [1.82, 2.24) is 4.98 Å². The number of hydrogen-bond acceptors (Lipinski definition) is 5. The molecule has 0 spiro atoms. The second-order valence-corrected chi connectivity index (χ2v) is 4.94. The fraction of sp³-hybridized carbons (Fsp3) is 0.692. The monoisotopic (exact) mass is 253 g/mol. The van der Waals surface area contributed by atoms with Crippen molar-refractivity contribution in [3.63, 3.8) is 0 Å². The van der Waals surface area contributed by atoms with Crippen LogP contribution in [0.3, 0.4) is 0 Å². The third kappa shape index (κ3) is 2.41. The Hall–Kier alpha value is -1.36. The third-order valence-corrected chi connectivity index (χ3v) is 3.10. The standard InChI is InChI=1S/C13H19NO4/c1-5-17-11(15)10-9(8-6-7-8)14-12(18-10)13(2,3)16-4/h8H,5-7H2,1-4H3. The third-order valence-electron chi connectivity index (χ3n) is 3.10. The first-order valence-electron chi connectivity index (χ1n) is 6.23. The maximum atomic E-state index is 11.8. The highest BCUT2D eigenvalue weighted by atomic mass is 16.5. The van der Waals surface area contributed by atoms with E-state index >= 15 is 0 Å². The Bertz CT molecular complexity index is 446. The Labute approximate surface area is 106 Å². The van der Waals surface area contributed by atoms with Crippen LogP contribution in [0.5, 0.6) is 0 Å². The Balaban J connectivity index is 2.35. The van der Waals surface area contributed by atoms with Crippen LogP contribution in [0, 0.1) is 0 Å². The van der Waals surface area contributed by atoms with E-state index < -0.39 is 11.6 Å². The van der Waals surface area contributed by atoms with E-state index in [1.807, 2.05) is 13.8 Å². The zero-order chi connectivity index (χ0) is 13.3. The summed E-state index contributed by atoms with van der Waals surface area (Å²) in [4.78, 5) is 16.3. The molecule has 0 bridgehead atoms. The number of hydrogen-bond donors (Lipinski definition) is 0. The van der Waals surface area contributed by atoms with Crippen molar-refractivity contribution >= 4 is 5.97 Å². The van der Waals surface area contributed by atoms with Crippen LogP contribution < -0.4 is 0 Å². The number of carbonyl (C=O) groups excluding carboxylic acids is 1. The molecule has 0 amide bonds. The van der Waals surface area contributed by atoms with E-state index in [4.69, 9.17) is 13.9 Å².